The van der Waals surface area contributed by atoms with Crippen LogP contribution in [0.3, 0.4) is 0 Å². The fraction of sp³-hybridized carbons (Fsp3) is 0.487. The van der Waals surface area contributed by atoms with Gasteiger partial charge < -0.3 is 5.73 Å². The average Bonchev–Trinajstić information content (AvgIpc) is 3.42. The molecule has 0 amide bonds. The summed E-state index contributed by atoms with van der Waals surface area (Å²) in [5, 5.41) is 3.59. The summed E-state index contributed by atoms with van der Waals surface area (Å²) in [4.78, 5) is 18.8. The van der Waals surface area contributed by atoms with Crippen molar-refractivity contribution in [3.05, 3.63) is 62.9 Å². The molecule has 3 aromatic carbocycles. The molecule has 0 aliphatic heterocycles. The topological polar surface area (TPSA) is 60.4 Å². The van der Waals surface area contributed by atoms with E-state index in [4.69, 9.17) is 10.7 Å². The highest BCUT2D eigenvalue weighted by Gasteiger charge is 2.18. The maximum absolute atomic E-state index is 13.9. The summed E-state index contributed by atoms with van der Waals surface area (Å²) >= 11 is 3.65. The van der Waals surface area contributed by atoms with Crippen molar-refractivity contribution in [1.82, 2.24) is 9.38 Å². The fourth-order valence-electron chi connectivity index (χ4n) is 6.69. The molecule has 0 fully saturated rings. The van der Waals surface area contributed by atoms with Crippen molar-refractivity contribution >= 4 is 59.8 Å². The predicted molar refractivity (Wildman–Crippen MR) is 193 cm³/mol. The Morgan fingerprint density at radius 1 is 0.795 bits per heavy atom. The van der Waals surface area contributed by atoms with Gasteiger partial charge in [-0.2, -0.15) is 0 Å². The molecule has 5 rings (SSSR count). The number of nitrogens with zero attached hydrogens (tertiary/aromatic N) is 2. The molecule has 1 atom stereocenters. The first-order valence-corrected chi connectivity index (χ1v) is 17.9. The molecule has 4 nitrogen and oxygen atoms in total. The Labute approximate surface area is 271 Å². The van der Waals surface area contributed by atoms with Crippen molar-refractivity contribution in [2.75, 3.05) is 5.73 Å². The standard InChI is InChI=1S/C39H48BrN3O/c1-3-5-7-9-11-12-14-16-19-28(18-15-13-10-8-6-4-2)22-23-29-26-34(41)37-35(27-29)43-38(42-37)31-21-17-20-30-33(40)25-24-32(36(30)31)39(43)44/h17,20-21,24-28H,3-16,18-19,41H2,1-2H3. The number of pyridine rings is 1. The second-order valence-corrected chi connectivity index (χ2v) is 13.5. The van der Waals surface area contributed by atoms with Crippen molar-refractivity contribution < 1.29 is 0 Å². The molecule has 232 valence electrons. The second-order valence-electron chi connectivity index (χ2n) is 12.6. The maximum Gasteiger partial charge on any atom is 0.264 e. The van der Waals surface area contributed by atoms with Crippen LogP contribution >= 0.6 is 15.9 Å². The van der Waals surface area contributed by atoms with E-state index in [0.717, 1.165) is 44.6 Å². The van der Waals surface area contributed by atoms with Gasteiger partial charge in [-0.05, 0) is 42.5 Å². The first kappa shape index (κ1) is 32.3. The first-order chi connectivity index (χ1) is 21.5. The molecular weight excluding hydrogens is 606 g/mol. The second kappa shape index (κ2) is 15.8. The zero-order valence-corrected chi connectivity index (χ0v) is 28.3. The third-order valence-electron chi connectivity index (χ3n) is 9.18. The number of hydrogen-bond acceptors (Lipinski definition) is 3. The summed E-state index contributed by atoms with van der Waals surface area (Å²) in [6.07, 6.45) is 20.8. The molecule has 0 radical (unpaired) electrons. The Morgan fingerprint density at radius 3 is 2.07 bits per heavy atom. The normalized spacial score (nSPS) is 12.4. The molecule has 2 N–H and O–H groups in total. The Bertz CT molecular complexity index is 1810. The lowest BCUT2D eigenvalue weighted by molar-refractivity contribution is 0.474. The Hall–Kier alpha value is -3.10. The van der Waals surface area contributed by atoms with Crippen molar-refractivity contribution in [3.63, 3.8) is 0 Å². The number of fused-ring (bicyclic) bond motifs is 4. The molecular formula is C39H48BrN3O. The Kier molecular flexibility index (Phi) is 11.6. The van der Waals surface area contributed by atoms with E-state index in [1.54, 1.807) is 4.40 Å². The molecule has 44 heavy (non-hydrogen) atoms. The highest BCUT2D eigenvalue weighted by atomic mass is 79.9. The van der Waals surface area contributed by atoms with Crippen LogP contribution in [0.1, 0.15) is 122 Å². The van der Waals surface area contributed by atoms with Gasteiger partial charge in [0, 0.05) is 32.1 Å². The van der Waals surface area contributed by atoms with Crippen LogP contribution in [0.4, 0.5) is 5.69 Å². The van der Waals surface area contributed by atoms with Gasteiger partial charge in [0.2, 0.25) is 0 Å². The number of rotatable bonds is 16. The fourth-order valence-corrected chi connectivity index (χ4v) is 7.15. The first-order valence-electron chi connectivity index (χ1n) is 17.1. The lowest BCUT2D eigenvalue weighted by Crippen LogP contribution is -2.13. The summed E-state index contributed by atoms with van der Waals surface area (Å²) in [5.74, 6) is 7.52. The van der Waals surface area contributed by atoms with Crippen molar-refractivity contribution in [1.29, 1.82) is 0 Å². The minimum Gasteiger partial charge on any atom is -0.397 e. The van der Waals surface area contributed by atoms with Gasteiger partial charge in [-0.25, -0.2) is 4.98 Å². The van der Waals surface area contributed by atoms with Gasteiger partial charge in [0.15, 0.2) is 0 Å². The van der Waals surface area contributed by atoms with Crippen LogP contribution in [0.2, 0.25) is 0 Å². The van der Waals surface area contributed by atoms with E-state index in [0.29, 0.717) is 28.2 Å². The van der Waals surface area contributed by atoms with E-state index < -0.39 is 0 Å². The molecule has 2 aromatic heterocycles. The number of nitrogen functional groups attached to an aromatic ring is 1. The molecule has 0 aliphatic rings. The van der Waals surface area contributed by atoms with Gasteiger partial charge in [0.05, 0.1) is 11.2 Å². The van der Waals surface area contributed by atoms with Crippen LogP contribution < -0.4 is 11.3 Å². The lowest BCUT2D eigenvalue weighted by atomic mass is 9.94. The highest BCUT2D eigenvalue weighted by molar-refractivity contribution is 9.10. The molecule has 5 heteroatoms. The summed E-state index contributed by atoms with van der Waals surface area (Å²) in [6, 6.07) is 13.9. The van der Waals surface area contributed by atoms with Crippen LogP contribution in [0, 0.1) is 17.8 Å². The molecule has 0 bridgehead atoms. The molecule has 2 heterocycles. The van der Waals surface area contributed by atoms with Gasteiger partial charge in [0.1, 0.15) is 11.2 Å². The van der Waals surface area contributed by atoms with Crippen molar-refractivity contribution in [2.24, 2.45) is 5.92 Å². The quantitative estimate of drug-likeness (QED) is 0.0654. The van der Waals surface area contributed by atoms with E-state index in [-0.39, 0.29) is 5.56 Å². The number of hydrogen-bond donors (Lipinski definition) is 1. The van der Waals surface area contributed by atoms with E-state index in [1.165, 1.54) is 89.9 Å². The monoisotopic (exact) mass is 653 g/mol. The van der Waals surface area contributed by atoms with E-state index >= 15 is 0 Å². The third kappa shape index (κ3) is 7.40. The lowest BCUT2D eigenvalue weighted by Gasteiger charge is -2.11. The Balaban J connectivity index is 1.40. The number of halogens is 1. The SMILES string of the molecule is CCCCCCCCCCC(C#Cc1cc(N)c2nc3c4cccc5c(Br)ccc(c(=O)n3c2c1)c54)CCCCCCCC. The molecule has 0 spiro atoms. The van der Waals surface area contributed by atoms with E-state index in [2.05, 4.69) is 41.6 Å². The zero-order chi connectivity index (χ0) is 30.9. The molecule has 0 saturated carbocycles. The number of benzene rings is 3. The summed E-state index contributed by atoms with van der Waals surface area (Å²) in [6.45, 7) is 4.55. The summed E-state index contributed by atoms with van der Waals surface area (Å²) < 4.78 is 2.70. The molecule has 5 aromatic rings. The van der Waals surface area contributed by atoms with Gasteiger partial charge in [0.25, 0.3) is 5.56 Å². The number of aromatic nitrogens is 2. The van der Waals surface area contributed by atoms with Gasteiger partial charge >= 0.3 is 0 Å². The van der Waals surface area contributed by atoms with Gasteiger partial charge in [-0.3, -0.25) is 9.20 Å². The minimum atomic E-state index is -0.0705. The van der Waals surface area contributed by atoms with E-state index in [1.807, 2.05) is 42.5 Å². The minimum absolute atomic E-state index is 0.0705. The van der Waals surface area contributed by atoms with Crippen molar-refractivity contribution in [2.45, 2.75) is 117 Å². The Morgan fingerprint density at radius 2 is 1.41 bits per heavy atom. The van der Waals surface area contributed by atoms with Gasteiger partial charge in [-0.15, -0.1) is 0 Å². The highest BCUT2D eigenvalue weighted by Crippen LogP contribution is 2.34. The summed E-state index contributed by atoms with van der Waals surface area (Å²) in [5.41, 5.74) is 9.97. The average molecular weight is 655 g/mol. The third-order valence-corrected chi connectivity index (χ3v) is 9.88. The van der Waals surface area contributed by atoms with Crippen LogP contribution in [0.15, 0.2) is 51.7 Å². The van der Waals surface area contributed by atoms with Crippen LogP contribution in [-0.2, 0) is 0 Å². The smallest absolute Gasteiger partial charge is 0.264 e. The van der Waals surface area contributed by atoms with Crippen molar-refractivity contribution in [3.8, 4) is 11.8 Å². The molecule has 0 aliphatic carbocycles. The zero-order valence-electron chi connectivity index (χ0n) is 26.7. The predicted octanol–water partition coefficient (Wildman–Crippen LogP) is 11.2. The number of anilines is 1. The number of unbranched alkanes of at least 4 members (excludes halogenated alkanes) is 12. The van der Waals surface area contributed by atoms with Crippen LogP contribution in [0.25, 0.3) is 38.2 Å². The molecule has 0 saturated heterocycles. The van der Waals surface area contributed by atoms with Gasteiger partial charge in [-0.1, -0.05) is 150 Å². The number of imidazole rings is 1. The summed E-state index contributed by atoms with van der Waals surface area (Å²) in [7, 11) is 0. The van der Waals surface area contributed by atoms with Crippen LogP contribution in [0.5, 0.6) is 0 Å². The number of nitrogens with two attached hydrogens (primary N) is 1. The van der Waals surface area contributed by atoms with E-state index in [9.17, 15) is 4.79 Å². The largest absolute Gasteiger partial charge is 0.397 e. The molecule has 1 unspecified atom stereocenters. The van der Waals surface area contributed by atoms with Crippen LogP contribution in [-0.4, -0.2) is 9.38 Å². The maximum atomic E-state index is 13.9.